The fraction of sp³-hybridized carbons (Fsp3) is 0.143. The van der Waals surface area contributed by atoms with Crippen molar-refractivity contribution in [3.05, 3.63) is 61.0 Å². The number of hydrogen-bond acceptors (Lipinski definition) is 4. The van der Waals surface area contributed by atoms with Gasteiger partial charge in [0.2, 0.25) is 5.75 Å². The molecule has 0 radical (unpaired) electrons. The molecule has 110 valence electrons. The molecule has 0 saturated heterocycles. The summed E-state index contributed by atoms with van der Waals surface area (Å²) in [5.74, 6) is 0.558. The lowest BCUT2D eigenvalue weighted by molar-refractivity contribution is -0.385. The minimum Gasteiger partial charge on any atom is -0.448 e. The van der Waals surface area contributed by atoms with Gasteiger partial charge in [-0.2, -0.15) is 0 Å². The zero-order valence-electron chi connectivity index (χ0n) is 10.9. The third kappa shape index (κ3) is 3.61. The van der Waals surface area contributed by atoms with Gasteiger partial charge >= 0.3 is 5.69 Å². The Morgan fingerprint density at radius 1 is 1.24 bits per heavy atom. The van der Waals surface area contributed by atoms with E-state index in [1.807, 2.05) is 0 Å². The van der Waals surface area contributed by atoms with E-state index in [1.54, 1.807) is 37.3 Å². The van der Waals surface area contributed by atoms with Crippen LogP contribution in [0.25, 0.3) is 0 Å². The largest absolute Gasteiger partial charge is 0.448 e. The number of aliphatic hydroxyl groups is 1. The summed E-state index contributed by atoms with van der Waals surface area (Å²) in [6.07, 6.45) is -0.604. The number of rotatable bonds is 4. The molecule has 2 aromatic rings. The Morgan fingerprint density at radius 2 is 1.95 bits per heavy atom. The van der Waals surface area contributed by atoms with Crippen LogP contribution in [-0.4, -0.2) is 10.0 Å². The third-order valence-corrected chi connectivity index (χ3v) is 4.04. The van der Waals surface area contributed by atoms with Crippen LogP contribution in [0.3, 0.4) is 0 Å². The molecule has 0 aliphatic carbocycles. The second kappa shape index (κ2) is 6.55. The Balaban J connectivity index is 2.41. The first kappa shape index (κ1) is 15.9. The number of benzene rings is 2. The average Bonchev–Trinajstić information content (AvgIpc) is 2.42. The maximum absolute atomic E-state index is 11.1. The van der Waals surface area contributed by atoms with Crippen LogP contribution in [0, 0.1) is 10.1 Å². The number of nitro benzene ring substituents is 1. The Hall–Kier alpha value is -1.44. The first-order valence-corrected chi connectivity index (χ1v) is 7.57. The molecule has 0 bridgehead atoms. The first-order valence-electron chi connectivity index (χ1n) is 5.98. The zero-order chi connectivity index (χ0) is 15.6. The van der Waals surface area contributed by atoms with E-state index in [0.717, 1.165) is 5.56 Å². The van der Waals surface area contributed by atoms with Gasteiger partial charge in [-0.3, -0.25) is 10.1 Å². The number of aliphatic hydroxyl groups excluding tert-OH is 1. The highest BCUT2D eigenvalue weighted by atomic mass is 79.9. The molecule has 21 heavy (non-hydrogen) atoms. The van der Waals surface area contributed by atoms with Crippen LogP contribution in [0.5, 0.6) is 11.5 Å². The molecule has 0 aliphatic heterocycles. The fourth-order valence-electron chi connectivity index (χ4n) is 1.71. The number of nitrogens with zero attached hydrogens (tertiary/aromatic N) is 1. The normalized spacial score (nSPS) is 12.0. The molecule has 0 aliphatic rings. The van der Waals surface area contributed by atoms with E-state index in [9.17, 15) is 15.2 Å². The summed E-state index contributed by atoms with van der Waals surface area (Å²) in [7, 11) is 0. The van der Waals surface area contributed by atoms with E-state index < -0.39 is 11.0 Å². The lowest BCUT2D eigenvalue weighted by Gasteiger charge is -2.12. The smallest absolute Gasteiger partial charge is 0.312 e. The van der Waals surface area contributed by atoms with Crippen molar-refractivity contribution in [2.75, 3.05) is 0 Å². The molecule has 5 nitrogen and oxygen atoms in total. The number of para-hydroxylation sites is 1. The summed E-state index contributed by atoms with van der Waals surface area (Å²) < 4.78 is 6.74. The third-order valence-electron chi connectivity index (χ3n) is 2.79. The molecule has 2 aromatic carbocycles. The maximum atomic E-state index is 11.1. The summed E-state index contributed by atoms with van der Waals surface area (Å²) in [6.45, 7) is 1.65. The second-order valence-corrected chi connectivity index (χ2v) is 6.02. The van der Waals surface area contributed by atoms with E-state index in [4.69, 9.17) is 4.74 Å². The van der Waals surface area contributed by atoms with Crippen LogP contribution in [0.15, 0.2) is 45.3 Å². The average molecular weight is 417 g/mol. The molecule has 0 spiro atoms. The number of halogens is 2. The van der Waals surface area contributed by atoms with Crippen molar-refractivity contribution in [2.45, 2.75) is 13.0 Å². The Kier molecular flexibility index (Phi) is 4.97. The maximum Gasteiger partial charge on any atom is 0.312 e. The van der Waals surface area contributed by atoms with Crippen LogP contribution >= 0.6 is 31.9 Å². The van der Waals surface area contributed by atoms with Crippen molar-refractivity contribution < 1.29 is 14.8 Å². The van der Waals surface area contributed by atoms with Gasteiger partial charge in [0.15, 0.2) is 0 Å². The molecule has 1 N–H and O–H groups in total. The molecule has 0 amide bonds. The van der Waals surface area contributed by atoms with E-state index in [2.05, 4.69) is 31.9 Å². The van der Waals surface area contributed by atoms with E-state index in [-0.39, 0.29) is 11.4 Å². The van der Waals surface area contributed by atoms with Crippen molar-refractivity contribution >= 4 is 37.5 Å². The summed E-state index contributed by atoms with van der Waals surface area (Å²) in [6, 6.07) is 9.67. The van der Waals surface area contributed by atoms with E-state index in [1.165, 1.54) is 6.07 Å². The molecule has 7 heteroatoms. The van der Waals surface area contributed by atoms with Gasteiger partial charge in [-0.05, 0) is 62.5 Å². The highest BCUT2D eigenvalue weighted by molar-refractivity contribution is 9.11. The van der Waals surface area contributed by atoms with Crippen molar-refractivity contribution in [1.82, 2.24) is 0 Å². The van der Waals surface area contributed by atoms with Crippen LogP contribution in [0.2, 0.25) is 0 Å². The van der Waals surface area contributed by atoms with Crippen molar-refractivity contribution in [3.8, 4) is 11.5 Å². The number of hydrogen-bond donors (Lipinski definition) is 1. The Labute approximate surface area is 138 Å². The Bertz CT molecular complexity index is 689. The Morgan fingerprint density at radius 3 is 2.52 bits per heavy atom. The summed E-state index contributed by atoms with van der Waals surface area (Å²) in [4.78, 5) is 10.6. The molecule has 1 atom stereocenters. The molecular formula is C14H11Br2NO4. The molecular weight excluding hydrogens is 406 g/mol. The lowest BCUT2D eigenvalue weighted by Crippen LogP contribution is -1.96. The summed E-state index contributed by atoms with van der Waals surface area (Å²) in [5, 5.41) is 20.6. The van der Waals surface area contributed by atoms with Gasteiger partial charge in [-0.1, -0.05) is 12.1 Å². The minimum absolute atomic E-state index is 0.129. The molecule has 0 aromatic heterocycles. The van der Waals surface area contributed by atoms with E-state index in [0.29, 0.717) is 14.7 Å². The molecule has 2 rings (SSSR count). The van der Waals surface area contributed by atoms with Gasteiger partial charge in [0.1, 0.15) is 5.75 Å². The lowest BCUT2D eigenvalue weighted by atomic mass is 10.1. The predicted octanol–water partition coefficient (Wildman–Crippen LogP) is 4.97. The summed E-state index contributed by atoms with van der Waals surface area (Å²) in [5.41, 5.74) is 0.590. The zero-order valence-corrected chi connectivity index (χ0v) is 14.1. The van der Waals surface area contributed by atoms with Gasteiger partial charge in [0.05, 0.1) is 20.0 Å². The molecule has 0 saturated carbocycles. The fourth-order valence-corrected chi connectivity index (χ4v) is 2.63. The van der Waals surface area contributed by atoms with Gasteiger partial charge in [0, 0.05) is 6.07 Å². The molecule has 0 fully saturated rings. The van der Waals surface area contributed by atoms with Crippen LogP contribution in [0.1, 0.15) is 18.6 Å². The van der Waals surface area contributed by atoms with Gasteiger partial charge in [0.25, 0.3) is 0 Å². The molecule has 0 heterocycles. The van der Waals surface area contributed by atoms with Crippen molar-refractivity contribution in [3.63, 3.8) is 0 Å². The van der Waals surface area contributed by atoms with Crippen LogP contribution in [0.4, 0.5) is 5.69 Å². The number of ether oxygens (including phenoxy) is 1. The second-order valence-electron chi connectivity index (χ2n) is 4.31. The summed E-state index contributed by atoms with van der Waals surface area (Å²) >= 11 is 6.59. The SMILES string of the molecule is C[C@H](O)c1ccc(Oc2c(Br)cccc2[N+](=O)[O-])c(Br)c1. The highest BCUT2D eigenvalue weighted by Crippen LogP contribution is 2.40. The highest BCUT2D eigenvalue weighted by Gasteiger charge is 2.19. The monoisotopic (exact) mass is 415 g/mol. The van der Waals surface area contributed by atoms with Crippen molar-refractivity contribution in [2.24, 2.45) is 0 Å². The van der Waals surface area contributed by atoms with Crippen LogP contribution < -0.4 is 4.74 Å². The van der Waals surface area contributed by atoms with E-state index >= 15 is 0 Å². The predicted molar refractivity (Wildman–Crippen MR) is 85.6 cm³/mol. The van der Waals surface area contributed by atoms with Gasteiger partial charge in [-0.25, -0.2) is 0 Å². The first-order chi connectivity index (χ1) is 9.90. The van der Waals surface area contributed by atoms with Gasteiger partial charge in [-0.15, -0.1) is 0 Å². The van der Waals surface area contributed by atoms with Gasteiger partial charge < -0.3 is 9.84 Å². The number of nitro groups is 1. The topological polar surface area (TPSA) is 72.6 Å². The van der Waals surface area contributed by atoms with Crippen LogP contribution in [-0.2, 0) is 0 Å². The quantitative estimate of drug-likeness (QED) is 0.564. The molecule has 0 unspecified atom stereocenters. The van der Waals surface area contributed by atoms with Crippen molar-refractivity contribution in [1.29, 1.82) is 0 Å². The standard InChI is InChI=1S/C14H11Br2NO4/c1-8(18)9-5-6-13(11(16)7-9)21-14-10(15)3-2-4-12(14)17(19)20/h2-8,18H,1H3/t8-/m0/s1. The minimum atomic E-state index is -0.604.